The Morgan fingerprint density at radius 3 is 2.56 bits per heavy atom. The van der Waals surface area contributed by atoms with Gasteiger partial charge in [-0.2, -0.15) is 0 Å². The van der Waals surface area contributed by atoms with Gasteiger partial charge in [-0.3, -0.25) is 10.1 Å². The predicted octanol–water partition coefficient (Wildman–Crippen LogP) is 2.35. The second kappa shape index (κ2) is 8.29. The molecule has 0 saturated carbocycles. The van der Waals surface area contributed by atoms with Crippen molar-refractivity contribution in [3.63, 3.8) is 0 Å². The third kappa shape index (κ3) is 6.34. The molecule has 7 nitrogen and oxygen atoms in total. The van der Waals surface area contributed by atoms with Gasteiger partial charge in [-0.05, 0) is 65.3 Å². The van der Waals surface area contributed by atoms with Crippen molar-refractivity contribution in [1.82, 2.24) is 15.6 Å². The van der Waals surface area contributed by atoms with E-state index in [1.165, 1.54) is 0 Å². The second-order valence-corrected chi connectivity index (χ2v) is 7.31. The number of ether oxygens (including phenoxy) is 1. The molecule has 0 bridgehead atoms. The molecule has 2 heterocycles. The molecule has 1 fully saturated rings. The molecule has 7 heteroatoms. The van der Waals surface area contributed by atoms with Crippen molar-refractivity contribution in [2.24, 2.45) is 5.92 Å². The van der Waals surface area contributed by atoms with Crippen LogP contribution in [0.4, 0.5) is 10.6 Å². The van der Waals surface area contributed by atoms with Gasteiger partial charge in [0.2, 0.25) is 5.91 Å². The third-order valence-electron chi connectivity index (χ3n) is 3.99. The molecule has 1 saturated heterocycles. The van der Waals surface area contributed by atoms with E-state index in [1.807, 2.05) is 13.0 Å². The number of hydrogen-bond donors (Lipinski definition) is 3. The second-order valence-electron chi connectivity index (χ2n) is 7.31. The van der Waals surface area contributed by atoms with E-state index in [4.69, 9.17) is 4.74 Å². The van der Waals surface area contributed by atoms with E-state index < -0.39 is 11.7 Å². The number of aryl methyl sites for hydroxylation is 1. The van der Waals surface area contributed by atoms with Crippen LogP contribution in [0.3, 0.4) is 0 Å². The first-order valence-electron chi connectivity index (χ1n) is 8.69. The Hall–Kier alpha value is -2.15. The minimum atomic E-state index is -0.558. The monoisotopic (exact) mass is 348 g/mol. The van der Waals surface area contributed by atoms with Crippen molar-refractivity contribution < 1.29 is 14.3 Å². The summed E-state index contributed by atoms with van der Waals surface area (Å²) in [5, 5.41) is 8.85. The number of carbonyl (C=O) groups excluding carboxylic acids is 2. The van der Waals surface area contributed by atoms with E-state index in [9.17, 15) is 9.59 Å². The van der Waals surface area contributed by atoms with Crippen molar-refractivity contribution in [1.29, 1.82) is 0 Å². The maximum absolute atomic E-state index is 12.2. The summed E-state index contributed by atoms with van der Waals surface area (Å²) in [5.74, 6) is 0.611. The van der Waals surface area contributed by atoms with Crippen molar-refractivity contribution in [3.05, 3.63) is 23.4 Å². The molecule has 1 aliphatic rings. The van der Waals surface area contributed by atoms with Crippen LogP contribution < -0.4 is 16.0 Å². The molecule has 0 aromatic carbocycles. The van der Waals surface area contributed by atoms with Crippen LogP contribution in [0.2, 0.25) is 0 Å². The molecule has 138 valence electrons. The van der Waals surface area contributed by atoms with Crippen molar-refractivity contribution >= 4 is 17.8 Å². The van der Waals surface area contributed by atoms with Crippen LogP contribution in [0.1, 0.15) is 44.9 Å². The maximum Gasteiger partial charge on any atom is 0.413 e. The number of nitrogens with one attached hydrogen (secondary N) is 3. The Labute approximate surface area is 148 Å². The zero-order valence-electron chi connectivity index (χ0n) is 15.4. The average molecular weight is 348 g/mol. The molecular formula is C18H28N4O3. The molecule has 0 spiro atoms. The van der Waals surface area contributed by atoms with Crippen molar-refractivity contribution in [3.8, 4) is 0 Å². The topological polar surface area (TPSA) is 92.3 Å². The van der Waals surface area contributed by atoms with Gasteiger partial charge in [0.15, 0.2) is 0 Å². The Kier molecular flexibility index (Phi) is 6.36. The van der Waals surface area contributed by atoms with Gasteiger partial charge in [-0.25, -0.2) is 9.78 Å². The first-order chi connectivity index (χ1) is 11.7. The zero-order chi connectivity index (χ0) is 18.4. The normalized spacial score (nSPS) is 15.5. The highest BCUT2D eigenvalue weighted by Gasteiger charge is 2.21. The fourth-order valence-corrected chi connectivity index (χ4v) is 2.67. The molecule has 1 aromatic heterocycles. The summed E-state index contributed by atoms with van der Waals surface area (Å²) in [4.78, 5) is 28.3. The lowest BCUT2D eigenvalue weighted by Gasteiger charge is -2.22. The molecule has 0 atom stereocenters. The predicted molar refractivity (Wildman–Crippen MR) is 96.3 cm³/mol. The number of pyridine rings is 1. The molecule has 3 N–H and O–H groups in total. The van der Waals surface area contributed by atoms with Gasteiger partial charge in [-0.1, -0.05) is 6.07 Å². The number of carbonyl (C=O) groups is 2. The first kappa shape index (κ1) is 19.2. The van der Waals surface area contributed by atoms with Crippen molar-refractivity contribution in [2.75, 3.05) is 18.4 Å². The number of amides is 2. The van der Waals surface area contributed by atoms with Gasteiger partial charge >= 0.3 is 6.09 Å². The number of rotatable bonds is 4. The van der Waals surface area contributed by atoms with E-state index in [1.54, 1.807) is 26.8 Å². The van der Waals surface area contributed by atoms with Crippen LogP contribution in [0.15, 0.2) is 12.1 Å². The van der Waals surface area contributed by atoms with E-state index in [2.05, 4.69) is 20.9 Å². The van der Waals surface area contributed by atoms with E-state index in [-0.39, 0.29) is 11.8 Å². The van der Waals surface area contributed by atoms with Gasteiger partial charge in [0.25, 0.3) is 0 Å². The van der Waals surface area contributed by atoms with Gasteiger partial charge in [0.05, 0.1) is 0 Å². The van der Waals surface area contributed by atoms with Gasteiger partial charge in [0, 0.05) is 18.2 Å². The molecule has 1 aromatic rings. The molecule has 2 amide bonds. The van der Waals surface area contributed by atoms with E-state index >= 15 is 0 Å². The van der Waals surface area contributed by atoms with Crippen LogP contribution >= 0.6 is 0 Å². The Balaban J connectivity index is 1.88. The van der Waals surface area contributed by atoms with Gasteiger partial charge < -0.3 is 15.4 Å². The Morgan fingerprint density at radius 2 is 1.96 bits per heavy atom. The summed E-state index contributed by atoms with van der Waals surface area (Å²) in [5.41, 5.74) is 1.13. The fraction of sp³-hybridized carbons (Fsp3) is 0.611. The number of hydrogen-bond acceptors (Lipinski definition) is 5. The van der Waals surface area contributed by atoms with Crippen molar-refractivity contribution in [2.45, 2.75) is 52.7 Å². The van der Waals surface area contributed by atoms with Crippen LogP contribution in [0, 0.1) is 12.8 Å². The minimum absolute atomic E-state index is 0.0858. The van der Waals surface area contributed by atoms with Gasteiger partial charge in [-0.15, -0.1) is 0 Å². The summed E-state index contributed by atoms with van der Waals surface area (Å²) in [6, 6.07) is 3.57. The minimum Gasteiger partial charge on any atom is -0.444 e. The average Bonchev–Trinajstić information content (AvgIpc) is 2.52. The summed E-state index contributed by atoms with van der Waals surface area (Å²) in [6.45, 7) is 9.49. The first-order valence-corrected chi connectivity index (χ1v) is 8.69. The quantitative estimate of drug-likeness (QED) is 0.777. The summed E-state index contributed by atoms with van der Waals surface area (Å²) in [7, 11) is 0. The lowest BCUT2D eigenvalue weighted by molar-refractivity contribution is -0.125. The van der Waals surface area contributed by atoms with Crippen LogP contribution in [-0.2, 0) is 16.1 Å². The smallest absolute Gasteiger partial charge is 0.413 e. The summed E-state index contributed by atoms with van der Waals surface area (Å²) >= 11 is 0. The standard InChI is InChI=1S/C18H28N4O3/c1-12-14(11-20-16(23)13-7-9-19-10-8-13)5-6-15(21-12)22-17(24)25-18(2,3)4/h5-6,13,19H,7-11H2,1-4H3,(H,20,23)(H,21,22,24). The highest BCUT2D eigenvalue weighted by atomic mass is 16.6. The maximum atomic E-state index is 12.2. The molecule has 0 aliphatic carbocycles. The fourth-order valence-electron chi connectivity index (χ4n) is 2.67. The van der Waals surface area contributed by atoms with Gasteiger partial charge in [0.1, 0.15) is 11.4 Å². The zero-order valence-corrected chi connectivity index (χ0v) is 15.4. The van der Waals surface area contributed by atoms with E-state index in [0.29, 0.717) is 12.4 Å². The molecule has 0 unspecified atom stereocenters. The Bertz CT molecular complexity index is 619. The lowest BCUT2D eigenvalue weighted by atomic mass is 9.97. The SMILES string of the molecule is Cc1nc(NC(=O)OC(C)(C)C)ccc1CNC(=O)C1CCNCC1. The number of anilines is 1. The van der Waals surface area contributed by atoms with Crippen LogP contribution in [-0.4, -0.2) is 35.7 Å². The Morgan fingerprint density at radius 1 is 1.28 bits per heavy atom. The largest absolute Gasteiger partial charge is 0.444 e. The number of nitrogens with zero attached hydrogens (tertiary/aromatic N) is 1. The lowest BCUT2D eigenvalue weighted by Crippen LogP contribution is -2.38. The molecular weight excluding hydrogens is 320 g/mol. The highest BCUT2D eigenvalue weighted by molar-refractivity contribution is 5.83. The van der Waals surface area contributed by atoms with Crippen LogP contribution in [0.25, 0.3) is 0 Å². The third-order valence-corrected chi connectivity index (χ3v) is 3.99. The van der Waals surface area contributed by atoms with E-state index in [0.717, 1.165) is 37.2 Å². The highest BCUT2D eigenvalue weighted by Crippen LogP contribution is 2.15. The molecule has 2 rings (SSSR count). The molecule has 1 aliphatic heterocycles. The summed E-state index contributed by atoms with van der Waals surface area (Å²) in [6.07, 6.45) is 1.22. The van der Waals surface area contributed by atoms with Crippen LogP contribution in [0.5, 0.6) is 0 Å². The number of aromatic nitrogens is 1. The molecule has 0 radical (unpaired) electrons. The number of piperidine rings is 1. The molecule has 25 heavy (non-hydrogen) atoms. The summed E-state index contributed by atoms with van der Waals surface area (Å²) < 4.78 is 5.21.